The maximum atomic E-state index is 11.6. The summed E-state index contributed by atoms with van der Waals surface area (Å²) in [6.45, 7) is 1.99. The Hall–Kier alpha value is -2.06. The van der Waals surface area contributed by atoms with E-state index < -0.39 is 5.97 Å². The molecule has 100 valence electrons. The molecule has 0 bridgehead atoms. The molecule has 1 rings (SSSR count). The summed E-state index contributed by atoms with van der Waals surface area (Å²) in [5.41, 5.74) is 0.750. The summed E-state index contributed by atoms with van der Waals surface area (Å²) >= 11 is 5.89. The number of amides is 1. The quantitative estimate of drug-likeness (QED) is 0.841. The van der Waals surface area contributed by atoms with Gasteiger partial charge in [0.05, 0.1) is 35.4 Å². The fourth-order valence-corrected chi connectivity index (χ4v) is 1.52. The third-order valence-electron chi connectivity index (χ3n) is 2.23. The van der Waals surface area contributed by atoms with Crippen LogP contribution in [0, 0.1) is 11.3 Å². The van der Waals surface area contributed by atoms with Gasteiger partial charge in [-0.15, -0.1) is 0 Å². The van der Waals surface area contributed by atoms with Crippen LogP contribution in [0.2, 0.25) is 5.02 Å². The van der Waals surface area contributed by atoms with Crippen molar-refractivity contribution in [1.82, 2.24) is 0 Å². The molecule has 1 amide bonds. The van der Waals surface area contributed by atoms with Gasteiger partial charge in [0, 0.05) is 6.42 Å². The molecule has 0 saturated heterocycles. The Labute approximate surface area is 116 Å². The first-order chi connectivity index (χ1) is 9.06. The Morgan fingerprint density at radius 2 is 2.16 bits per heavy atom. The molecule has 0 aromatic heterocycles. The summed E-state index contributed by atoms with van der Waals surface area (Å²) in [7, 11) is 0. The van der Waals surface area contributed by atoms with Gasteiger partial charge in [-0.2, -0.15) is 5.26 Å². The highest BCUT2D eigenvalue weighted by Gasteiger charge is 2.10. The minimum atomic E-state index is -0.422. The number of hydrogen-bond acceptors (Lipinski definition) is 4. The van der Waals surface area contributed by atoms with Crippen LogP contribution in [0.25, 0.3) is 0 Å². The average Bonchev–Trinajstić information content (AvgIpc) is 2.39. The highest BCUT2D eigenvalue weighted by molar-refractivity contribution is 6.33. The molecule has 0 aliphatic heterocycles. The number of rotatable bonds is 5. The van der Waals surface area contributed by atoms with Crippen molar-refractivity contribution in [3.63, 3.8) is 0 Å². The van der Waals surface area contributed by atoms with Crippen molar-refractivity contribution in [1.29, 1.82) is 5.26 Å². The zero-order chi connectivity index (χ0) is 14.3. The standard InChI is InChI=1S/C13H13ClN2O3/c1-2-19-13(18)6-5-12(17)16-11-7-9(8-15)3-4-10(11)14/h3-4,7H,2,5-6H2,1H3,(H,16,17). The van der Waals surface area contributed by atoms with Crippen LogP contribution >= 0.6 is 11.6 Å². The molecule has 0 aliphatic rings. The van der Waals surface area contributed by atoms with E-state index in [1.54, 1.807) is 13.0 Å². The van der Waals surface area contributed by atoms with Crippen LogP contribution in [0.3, 0.4) is 0 Å². The molecule has 6 heteroatoms. The maximum Gasteiger partial charge on any atom is 0.306 e. The maximum absolute atomic E-state index is 11.6. The lowest BCUT2D eigenvalue weighted by atomic mass is 10.2. The van der Waals surface area contributed by atoms with Crippen molar-refractivity contribution >= 4 is 29.2 Å². The second-order valence-electron chi connectivity index (χ2n) is 3.66. The van der Waals surface area contributed by atoms with E-state index in [0.717, 1.165) is 0 Å². The second kappa shape index (κ2) is 7.39. The molecule has 0 aliphatic carbocycles. The van der Waals surface area contributed by atoms with Crippen molar-refractivity contribution < 1.29 is 14.3 Å². The van der Waals surface area contributed by atoms with Gasteiger partial charge in [-0.1, -0.05) is 11.6 Å². The van der Waals surface area contributed by atoms with E-state index in [9.17, 15) is 9.59 Å². The Morgan fingerprint density at radius 3 is 2.79 bits per heavy atom. The number of ether oxygens (including phenoxy) is 1. The van der Waals surface area contributed by atoms with E-state index in [2.05, 4.69) is 5.32 Å². The van der Waals surface area contributed by atoms with Crippen LogP contribution in [0.4, 0.5) is 5.69 Å². The topological polar surface area (TPSA) is 79.2 Å². The van der Waals surface area contributed by atoms with Crippen LogP contribution < -0.4 is 5.32 Å². The number of nitrogens with zero attached hydrogens (tertiary/aromatic N) is 1. The number of halogens is 1. The van der Waals surface area contributed by atoms with Gasteiger partial charge in [0.2, 0.25) is 5.91 Å². The zero-order valence-corrected chi connectivity index (χ0v) is 11.2. The third kappa shape index (κ3) is 4.98. The molecule has 0 unspecified atom stereocenters. The smallest absolute Gasteiger partial charge is 0.306 e. The van der Waals surface area contributed by atoms with Crippen molar-refractivity contribution in [2.45, 2.75) is 19.8 Å². The number of hydrogen-bond donors (Lipinski definition) is 1. The number of nitrogens with one attached hydrogen (secondary N) is 1. The van der Waals surface area contributed by atoms with Gasteiger partial charge >= 0.3 is 5.97 Å². The third-order valence-corrected chi connectivity index (χ3v) is 2.56. The molecule has 1 aromatic rings. The summed E-state index contributed by atoms with van der Waals surface area (Å²) in [5.74, 6) is -0.778. The first-order valence-electron chi connectivity index (χ1n) is 5.72. The normalized spacial score (nSPS) is 9.53. The molecule has 0 radical (unpaired) electrons. The number of anilines is 1. The van der Waals surface area contributed by atoms with E-state index in [4.69, 9.17) is 21.6 Å². The fraction of sp³-hybridized carbons (Fsp3) is 0.308. The van der Waals surface area contributed by atoms with Gasteiger partial charge < -0.3 is 10.1 Å². The summed E-state index contributed by atoms with van der Waals surface area (Å²) in [6, 6.07) is 6.51. The largest absolute Gasteiger partial charge is 0.466 e. The van der Waals surface area contributed by atoms with E-state index in [-0.39, 0.29) is 25.4 Å². The summed E-state index contributed by atoms with van der Waals surface area (Å²) in [5, 5.41) is 11.6. The zero-order valence-electron chi connectivity index (χ0n) is 10.4. The van der Waals surface area contributed by atoms with Crippen LogP contribution in [0.1, 0.15) is 25.3 Å². The van der Waals surface area contributed by atoms with Crippen molar-refractivity contribution in [2.75, 3.05) is 11.9 Å². The van der Waals surface area contributed by atoms with Crippen molar-refractivity contribution in [3.05, 3.63) is 28.8 Å². The Morgan fingerprint density at radius 1 is 1.42 bits per heavy atom. The average molecular weight is 281 g/mol. The lowest BCUT2D eigenvalue weighted by Gasteiger charge is -2.07. The fourth-order valence-electron chi connectivity index (χ4n) is 1.35. The number of benzene rings is 1. The van der Waals surface area contributed by atoms with Crippen LogP contribution in [0.15, 0.2) is 18.2 Å². The van der Waals surface area contributed by atoms with E-state index in [1.807, 2.05) is 6.07 Å². The molecular formula is C13H13ClN2O3. The van der Waals surface area contributed by atoms with E-state index in [0.29, 0.717) is 16.3 Å². The number of carbonyl (C=O) groups is 2. The minimum absolute atomic E-state index is 0.00590. The van der Waals surface area contributed by atoms with Gasteiger partial charge in [0.1, 0.15) is 0 Å². The molecular weight excluding hydrogens is 268 g/mol. The van der Waals surface area contributed by atoms with Crippen LogP contribution in [-0.2, 0) is 14.3 Å². The van der Waals surface area contributed by atoms with Gasteiger partial charge in [-0.3, -0.25) is 9.59 Å². The number of nitriles is 1. The van der Waals surface area contributed by atoms with Crippen molar-refractivity contribution in [3.8, 4) is 6.07 Å². The highest BCUT2D eigenvalue weighted by atomic mass is 35.5. The molecule has 0 saturated carbocycles. The van der Waals surface area contributed by atoms with Crippen molar-refractivity contribution in [2.24, 2.45) is 0 Å². The van der Waals surface area contributed by atoms with Gasteiger partial charge in [-0.25, -0.2) is 0 Å². The molecule has 19 heavy (non-hydrogen) atoms. The monoisotopic (exact) mass is 280 g/mol. The lowest BCUT2D eigenvalue weighted by Crippen LogP contribution is -2.14. The van der Waals surface area contributed by atoms with Gasteiger partial charge in [0.25, 0.3) is 0 Å². The molecule has 0 atom stereocenters. The second-order valence-corrected chi connectivity index (χ2v) is 4.07. The van der Waals surface area contributed by atoms with E-state index in [1.165, 1.54) is 12.1 Å². The predicted molar refractivity (Wildman–Crippen MR) is 70.7 cm³/mol. The molecule has 0 heterocycles. The van der Waals surface area contributed by atoms with E-state index >= 15 is 0 Å². The molecule has 1 N–H and O–H groups in total. The van der Waals surface area contributed by atoms with Crippen LogP contribution in [-0.4, -0.2) is 18.5 Å². The SMILES string of the molecule is CCOC(=O)CCC(=O)Nc1cc(C#N)ccc1Cl. The first-order valence-corrected chi connectivity index (χ1v) is 6.09. The molecule has 0 fully saturated rings. The predicted octanol–water partition coefficient (Wildman–Crippen LogP) is 2.49. The molecule has 5 nitrogen and oxygen atoms in total. The highest BCUT2D eigenvalue weighted by Crippen LogP contribution is 2.22. The Kier molecular flexibility index (Phi) is 5.83. The summed E-state index contributed by atoms with van der Waals surface area (Å²) < 4.78 is 4.71. The Bertz CT molecular complexity index is 523. The minimum Gasteiger partial charge on any atom is -0.466 e. The summed E-state index contributed by atoms with van der Waals surface area (Å²) in [4.78, 5) is 22.7. The Balaban J connectivity index is 2.57. The number of esters is 1. The molecule has 0 spiro atoms. The van der Waals surface area contributed by atoms with Crippen LogP contribution in [0.5, 0.6) is 0 Å². The molecule has 1 aromatic carbocycles. The first kappa shape index (κ1) is 15.0. The number of carbonyl (C=O) groups excluding carboxylic acids is 2. The lowest BCUT2D eigenvalue weighted by molar-refractivity contribution is -0.144. The summed E-state index contributed by atoms with van der Waals surface area (Å²) in [6.07, 6.45) is 0.0151. The van der Waals surface area contributed by atoms with Gasteiger partial charge in [-0.05, 0) is 25.1 Å². The van der Waals surface area contributed by atoms with Gasteiger partial charge in [0.15, 0.2) is 0 Å².